The molecule has 1 amide bonds. The second-order valence-electron chi connectivity index (χ2n) is 5.48. The maximum absolute atomic E-state index is 12.7. The van der Waals surface area contributed by atoms with Crippen molar-refractivity contribution in [3.05, 3.63) is 59.8 Å². The molecule has 0 radical (unpaired) electrons. The SMILES string of the molecule is O=C(O)c1cccc(NC(=O)c2nn(CC(F)(F)F)c3ccccc23)c1. The highest BCUT2D eigenvalue weighted by Crippen LogP contribution is 2.24. The van der Waals surface area contributed by atoms with Crippen LogP contribution in [0.1, 0.15) is 20.8 Å². The highest BCUT2D eigenvalue weighted by molar-refractivity contribution is 6.11. The number of fused-ring (bicyclic) bond motifs is 1. The van der Waals surface area contributed by atoms with E-state index in [2.05, 4.69) is 10.4 Å². The summed E-state index contributed by atoms with van der Waals surface area (Å²) in [5, 5.41) is 15.5. The molecule has 1 aromatic heterocycles. The summed E-state index contributed by atoms with van der Waals surface area (Å²) < 4.78 is 38.9. The van der Waals surface area contributed by atoms with E-state index in [-0.39, 0.29) is 27.8 Å². The molecule has 0 saturated carbocycles. The number of hydrogen-bond donors (Lipinski definition) is 2. The van der Waals surface area contributed by atoms with Gasteiger partial charge in [0.05, 0.1) is 11.1 Å². The van der Waals surface area contributed by atoms with E-state index < -0.39 is 24.6 Å². The molecule has 0 fully saturated rings. The number of carboxylic acid groups (broad SMARTS) is 1. The Morgan fingerprint density at radius 1 is 1.12 bits per heavy atom. The molecule has 9 heteroatoms. The summed E-state index contributed by atoms with van der Waals surface area (Å²) in [4.78, 5) is 23.5. The smallest absolute Gasteiger partial charge is 0.408 e. The van der Waals surface area contributed by atoms with Crippen molar-refractivity contribution < 1.29 is 27.9 Å². The van der Waals surface area contributed by atoms with Crippen LogP contribution in [-0.4, -0.2) is 32.9 Å². The number of aromatic nitrogens is 2. The van der Waals surface area contributed by atoms with Crippen molar-refractivity contribution in [1.29, 1.82) is 0 Å². The summed E-state index contributed by atoms with van der Waals surface area (Å²) in [6.07, 6.45) is -4.49. The number of amides is 1. The Morgan fingerprint density at radius 2 is 1.85 bits per heavy atom. The lowest BCUT2D eigenvalue weighted by atomic mass is 10.2. The van der Waals surface area contributed by atoms with Gasteiger partial charge in [-0.1, -0.05) is 24.3 Å². The van der Waals surface area contributed by atoms with Gasteiger partial charge in [0.1, 0.15) is 6.54 Å². The summed E-state index contributed by atoms with van der Waals surface area (Å²) in [7, 11) is 0. The van der Waals surface area contributed by atoms with Crippen molar-refractivity contribution in [1.82, 2.24) is 9.78 Å². The van der Waals surface area contributed by atoms with E-state index in [0.29, 0.717) is 0 Å². The number of aromatic carboxylic acids is 1. The fourth-order valence-corrected chi connectivity index (χ4v) is 2.51. The number of para-hydroxylation sites is 1. The zero-order chi connectivity index (χ0) is 18.9. The van der Waals surface area contributed by atoms with E-state index in [1.165, 1.54) is 36.4 Å². The van der Waals surface area contributed by atoms with Crippen LogP contribution in [0, 0.1) is 0 Å². The molecule has 26 heavy (non-hydrogen) atoms. The van der Waals surface area contributed by atoms with E-state index in [0.717, 1.165) is 4.68 Å². The number of benzene rings is 2. The van der Waals surface area contributed by atoms with Gasteiger partial charge in [-0.05, 0) is 24.3 Å². The summed E-state index contributed by atoms with van der Waals surface area (Å²) >= 11 is 0. The Kier molecular flexibility index (Phi) is 4.37. The molecule has 0 unspecified atom stereocenters. The molecule has 1 heterocycles. The number of alkyl halides is 3. The van der Waals surface area contributed by atoms with Crippen molar-refractivity contribution in [2.45, 2.75) is 12.7 Å². The lowest BCUT2D eigenvalue weighted by molar-refractivity contribution is -0.141. The number of carbonyl (C=O) groups excluding carboxylic acids is 1. The van der Waals surface area contributed by atoms with Gasteiger partial charge in [-0.2, -0.15) is 18.3 Å². The van der Waals surface area contributed by atoms with Crippen molar-refractivity contribution in [3.8, 4) is 0 Å². The first-order chi connectivity index (χ1) is 12.2. The van der Waals surface area contributed by atoms with Gasteiger partial charge in [0.15, 0.2) is 5.69 Å². The minimum Gasteiger partial charge on any atom is -0.478 e. The second-order valence-corrected chi connectivity index (χ2v) is 5.48. The standard InChI is InChI=1S/C17H12F3N3O3/c18-17(19,20)9-23-13-7-2-1-6-12(13)14(22-23)15(24)21-11-5-3-4-10(8-11)16(25)26/h1-8H,9H2,(H,21,24)(H,25,26). The average Bonchev–Trinajstić information content (AvgIpc) is 2.92. The first-order valence-electron chi connectivity index (χ1n) is 7.41. The first-order valence-corrected chi connectivity index (χ1v) is 7.41. The minimum absolute atomic E-state index is 0.0322. The first kappa shape index (κ1) is 17.5. The summed E-state index contributed by atoms with van der Waals surface area (Å²) in [5.74, 6) is -1.90. The Morgan fingerprint density at radius 3 is 2.54 bits per heavy atom. The van der Waals surface area contributed by atoms with Crippen molar-refractivity contribution in [2.24, 2.45) is 0 Å². The number of carboxylic acids is 1. The molecule has 0 saturated heterocycles. The molecule has 0 spiro atoms. The summed E-state index contributed by atoms with van der Waals surface area (Å²) in [5.41, 5.74) is 0.166. The highest BCUT2D eigenvalue weighted by Gasteiger charge is 2.30. The fraction of sp³-hybridized carbons (Fsp3) is 0.118. The lowest BCUT2D eigenvalue weighted by Crippen LogP contribution is -2.19. The van der Waals surface area contributed by atoms with E-state index in [1.54, 1.807) is 12.1 Å². The van der Waals surface area contributed by atoms with Crippen LogP contribution < -0.4 is 5.32 Å². The van der Waals surface area contributed by atoms with Crippen LogP contribution >= 0.6 is 0 Å². The van der Waals surface area contributed by atoms with Crippen LogP contribution in [0.15, 0.2) is 48.5 Å². The molecule has 3 rings (SSSR count). The predicted octanol–water partition coefficient (Wildman–Crippen LogP) is 3.55. The number of carbonyl (C=O) groups is 2. The maximum Gasteiger partial charge on any atom is 0.408 e. The van der Waals surface area contributed by atoms with Gasteiger partial charge in [-0.15, -0.1) is 0 Å². The van der Waals surface area contributed by atoms with E-state index >= 15 is 0 Å². The number of halogens is 3. The van der Waals surface area contributed by atoms with Gasteiger partial charge in [-0.3, -0.25) is 9.48 Å². The van der Waals surface area contributed by atoms with Gasteiger partial charge in [0, 0.05) is 11.1 Å². The van der Waals surface area contributed by atoms with Crippen molar-refractivity contribution >= 4 is 28.5 Å². The number of nitrogens with one attached hydrogen (secondary N) is 1. The van der Waals surface area contributed by atoms with Crippen LogP contribution in [0.25, 0.3) is 10.9 Å². The zero-order valence-corrected chi connectivity index (χ0v) is 13.1. The van der Waals surface area contributed by atoms with Gasteiger partial charge in [0.2, 0.25) is 0 Å². The molecule has 6 nitrogen and oxygen atoms in total. The predicted molar refractivity (Wildman–Crippen MR) is 87.1 cm³/mol. The number of hydrogen-bond acceptors (Lipinski definition) is 3. The van der Waals surface area contributed by atoms with Gasteiger partial charge in [-0.25, -0.2) is 4.79 Å². The zero-order valence-electron chi connectivity index (χ0n) is 13.1. The monoisotopic (exact) mass is 363 g/mol. The minimum atomic E-state index is -4.49. The van der Waals surface area contributed by atoms with Crippen LogP contribution in [-0.2, 0) is 6.54 Å². The summed E-state index contributed by atoms with van der Waals surface area (Å²) in [6, 6.07) is 11.6. The topological polar surface area (TPSA) is 84.2 Å². The third kappa shape index (κ3) is 3.66. The molecule has 3 aromatic rings. The number of rotatable bonds is 4. The van der Waals surface area contributed by atoms with Gasteiger partial charge >= 0.3 is 12.1 Å². The quantitative estimate of drug-likeness (QED) is 0.742. The van der Waals surface area contributed by atoms with Crippen LogP contribution in [0.2, 0.25) is 0 Å². The largest absolute Gasteiger partial charge is 0.478 e. The van der Waals surface area contributed by atoms with Crippen LogP contribution in [0.5, 0.6) is 0 Å². The molecule has 2 aromatic carbocycles. The normalized spacial score (nSPS) is 11.5. The Labute approximate surface area is 144 Å². The molecular weight excluding hydrogens is 351 g/mol. The van der Waals surface area contributed by atoms with Crippen LogP contribution in [0.3, 0.4) is 0 Å². The number of anilines is 1. The lowest BCUT2D eigenvalue weighted by Gasteiger charge is -2.07. The van der Waals surface area contributed by atoms with E-state index in [9.17, 15) is 22.8 Å². The molecular formula is C17H12F3N3O3. The van der Waals surface area contributed by atoms with Crippen molar-refractivity contribution in [2.75, 3.05) is 5.32 Å². The second kappa shape index (κ2) is 6.51. The molecule has 0 aliphatic heterocycles. The average molecular weight is 363 g/mol. The summed E-state index contributed by atoms with van der Waals surface area (Å²) in [6.45, 7) is -1.32. The molecule has 0 aliphatic carbocycles. The van der Waals surface area contributed by atoms with Gasteiger partial charge in [0.25, 0.3) is 5.91 Å². The van der Waals surface area contributed by atoms with Crippen molar-refractivity contribution in [3.63, 3.8) is 0 Å². The molecule has 0 aliphatic rings. The maximum atomic E-state index is 12.7. The Bertz CT molecular complexity index is 996. The molecule has 0 bridgehead atoms. The third-order valence-electron chi connectivity index (χ3n) is 3.57. The van der Waals surface area contributed by atoms with E-state index in [4.69, 9.17) is 5.11 Å². The van der Waals surface area contributed by atoms with Crippen LogP contribution in [0.4, 0.5) is 18.9 Å². The molecule has 134 valence electrons. The Balaban J connectivity index is 1.96. The molecule has 0 atom stereocenters. The Hall–Kier alpha value is -3.36. The van der Waals surface area contributed by atoms with Gasteiger partial charge < -0.3 is 10.4 Å². The highest BCUT2D eigenvalue weighted by atomic mass is 19.4. The molecule has 2 N–H and O–H groups in total. The fourth-order valence-electron chi connectivity index (χ4n) is 2.51. The number of nitrogens with zero attached hydrogens (tertiary/aromatic N) is 2. The van der Waals surface area contributed by atoms with E-state index in [1.807, 2.05) is 0 Å². The third-order valence-corrected chi connectivity index (χ3v) is 3.57.